The van der Waals surface area contributed by atoms with Gasteiger partial charge < -0.3 is 10.2 Å². The van der Waals surface area contributed by atoms with E-state index in [1.165, 1.54) is 19.3 Å². The molecule has 1 heterocycles. The van der Waals surface area contributed by atoms with Gasteiger partial charge in [-0.1, -0.05) is 13.3 Å². The lowest BCUT2D eigenvalue weighted by Crippen LogP contribution is -2.30. The average molecular weight is 248 g/mol. The Balaban J connectivity index is 2.06. The van der Waals surface area contributed by atoms with Gasteiger partial charge in [0.15, 0.2) is 0 Å². The molecule has 4 heteroatoms. The van der Waals surface area contributed by atoms with Crippen molar-refractivity contribution in [3.05, 3.63) is 11.9 Å². The fraction of sp³-hybridized carbons (Fsp3) is 0.714. The number of anilines is 2. The smallest absolute Gasteiger partial charge is 0.136 e. The molecular formula is C14H24N4. The molecular weight excluding hydrogens is 224 g/mol. The highest BCUT2D eigenvalue weighted by atomic mass is 15.2. The monoisotopic (exact) mass is 248 g/mol. The number of nitrogens with zero attached hydrogens (tertiary/aromatic N) is 3. The van der Waals surface area contributed by atoms with Gasteiger partial charge in [-0.15, -0.1) is 0 Å². The molecule has 0 aliphatic heterocycles. The molecule has 1 aromatic heterocycles. The summed E-state index contributed by atoms with van der Waals surface area (Å²) in [6.07, 6.45) is 6.91. The van der Waals surface area contributed by atoms with Gasteiger partial charge in [0.1, 0.15) is 18.0 Å². The fourth-order valence-electron chi connectivity index (χ4n) is 2.40. The molecule has 0 amide bonds. The van der Waals surface area contributed by atoms with Gasteiger partial charge in [0.25, 0.3) is 0 Å². The average Bonchev–Trinajstić information content (AvgIpc) is 2.32. The van der Waals surface area contributed by atoms with Gasteiger partial charge in [-0.05, 0) is 32.1 Å². The first-order chi connectivity index (χ1) is 8.72. The molecule has 2 rings (SSSR count). The summed E-state index contributed by atoms with van der Waals surface area (Å²) >= 11 is 0. The summed E-state index contributed by atoms with van der Waals surface area (Å²) in [5, 5.41) is 3.36. The second-order valence-corrected chi connectivity index (χ2v) is 5.28. The largest absolute Gasteiger partial charge is 0.370 e. The van der Waals surface area contributed by atoms with Crippen LogP contribution in [0.5, 0.6) is 0 Å². The number of aromatic nitrogens is 2. The Morgan fingerprint density at radius 2 is 2.17 bits per heavy atom. The molecule has 1 N–H and O–H groups in total. The van der Waals surface area contributed by atoms with Crippen LogP contribution < -0.4 is 10.2 Å². The summed E-state index contributed by atoms with van der Waals surface area (Å²) in [5.41, 5.74) is 1.16. The molecule has 0 radical (unpaired) electrons. The van der Waals surface area contributed by atoms with E-state index in [0.717, 1.165) is 42.6 Å². The van der Waals surface area contributed by atoms with Crippen LogP contribution >= 0.6 is 0 Å². The Morgan fingerprint density at radius 3 is 2.78 bits per heavy atom. The van der Waals surface area contributed by atoms with E-state index < -0.39 is 0 Å². The topological polar surface area (TPSA) is 41.1 Å². The summed E-state index contributed by atoms with van der Waals surface area (Å²) in [6, 6.07) is 0. The second kappa shape index (κ2) is 6.03. The van der Waals surface area contributed by atoms with E-state index in [1.54, 1.807) is 6.33 Å². The first-order valence-electron chi connectivity index (χ1n) is 6.99. The van der Waals surface area contributed by atoms with E-state index in [9.17, 15) is 0 Å². The van der Waals surface area contributed by atoms with Crippen LogP contribution in [0.15, 0.2) is 6.33 Å². The quantitative estimate of drug-likeness (QED) is 0.840. The number of hydrogen-bond donors (Lipinski definition) is 1. The Morgan fingerprint density at radius 1 is 1.39 bits per heavy atom. The van der Waals surface area contributed by atoms with Crippen molar-refractivity contribution in [3.63, 3.8) is 0 Å². The van der Waals surface area contributed by atoms with Crippen molar-refractivity contribution in [1.29, 1.82) is 0 Å². The summed E-state index contributed by atoms with van der Waals surface area (Å²) in [6.45, 7) is 6.34. The molecule has 0 spiro atoms. The van der Waals surface area contributed by atoms with Crippen molar-refractivity contribution in [2.75, 3.05) is 30.4 Å². The van der Waals surface area contributed by atoms with Crippen LogP contribution in [0, 0.1) is 12.8 Å². The van der Waals surface area contributed by atoms with Crippen molar-refractivity contribution in [3.8, 4) is 0 Å². The number of nitrogens with one attached hydrogen (secondary N) is 1. The normalized spacial score (nSPS) is 15.3. The predicted molar refractivity (Wildman–Crippen MR) is 76.2 cm³/mol. The van der Waals surface area contributed by atoms with Crippen LogP contribution in [0.4, 0.5) is 11.6 Å². The van der Waals surface area contributed by atoms with Gasteiger partial charge in [-0.25, -0.2) is 9.97 Å². The molecule has 1 saturated carbocycles. The number of hydrogen-bond acceptors (Lipinski definition) is 4. The van der Waals surface area contributed by atoms with Crippen LogP contribution in [0.2, 0.25) is 0 Å². The van der Waals surface area contributed by atoms with Crippen LogP contribution in [0.3, 0.4) is 0 Å². The lowest BCUT2D eigenvalue weighted by Gasteiger charge is -2.31. The predicted octanol–water partition coefficient (Wildman–Crippen LogP) is 2.84. The highest BCUT2D eigenvalue weighted by molar-refractivity contribution is 5.57. The molecule has 1 aliphatic rings. The molecule has 0 saturated heterocycles. The lowest BCUT2D eigenvalue weighted by atomic mass is 9.85. The molecule has 18 heavy (non-hydrogen) atoms. The van der Waals surface area contributed by atoms with Gasteiger partial charge in [0, 0.05) is 25.7 Å². The second-order valence-electron chi connectivity index (χ2n) is 5.28. The van der Waals surface area contributed by atoms with Crippen LogP contribution in [0.25, 0.3) is 0 Å². The van der Waals surface area contributed by atoms with E-state index in [0.29, 0.717) is 0 Å². The molecule has 1 aromatic rings. The van der Waals surface area contributed by atoms with Gasteiger partial charge in [-0.2, -0.15) is 0 Å². The van der Waals surface area contributed by atoms with E-state index in [-0.39, 0.29) is 0 Å². The minimum Gasteiger partial charge on any atom is -0.370 e. The standard InChI is InChI=1S/C14H24N4/c1-4-8-15-13-11(2)14(17-10-16-13)18(3)9-12-6-5-7-12/h10,12H,4-9H2,1-3H3,(H,15,16,17). The van der Waals surface area contributed by atoms with Crippen molar-refractivity contribution >= 4 is 11.6 Å². The number of rotatable bonds is 6. The van der Waals surface area contributed by atoms with Gasteiger partial charge >= 0.3 is 0 Å². The zero-order chi connectivity index (χ0) is 13.0. The van der Waals surface area contributed by atoms with E-state index in [2.05, 4.69) is 41.1 Å². The zero-order valence-corrected chi connectivity index (χ0v) is 11.7. The first-order valence-corrected chi connectivity index (χ1v) is 6.99. The summed E-state index contributed by atoms with van der Waals surface area (Å²) in [4.78, 5) is 11.0. The van der Waals surface area contributed by atoms with Gasteiger partial charge in [0.05, 0.1) is 0 Å². The maximum absolute atomic E-state index is 4.43. The van der Waals surface area contributed by atoms with Crippen LogP contribution in [0.1, 0.15) is 38.2 Å². The van der Waals surface area contributed by atoms with E-state index in [1.807, 2.05) is 0 Å². The van der Waals surface area contributed by atoms with Crippen molar-refractivity contribution in [2.24, 2.45) is 5.92 Å². The third-order valence-electron chi connectivity index (χ3n) is 3.72. The molecule has 0 bridgehead atoms. The van der Waals surface area contributed by atoms with Crippen molar-refractivity contribution < 1.29 is 0 Å². The molecule has 4 nitrogen and oxygen atoms in total. The highest BCUT2D eigenvalue weighted by Crippen LogP contribution is 2.29. The zero-order valence-electron chi connectivity index (χ0n) is 11.7. The molecule has 0 atom stereocenters. The minimum atomic E-state index is 0.858. The van der Waals surface area contributed by atoms with Crippen LogP contribution in [-0.4, -0.2) is 30.1 Å². The molecule has 100 valence electrons. The van der Waals surface area contributed by atoms with Crippen LogP contribution in [-0.2, 0) is 0 Å². The summed E-state index contributed by atoms with van der Waals surface area (Å²) < 4.78 is 0. The van der Waals surface area contributed by atoms with Crippen molar-refractivity contribution in [2.45, 2.75) is 39.5 Å². The Bertz CT molecular complexity index is 387. The maximum atomic E-state index is 4.43. The summed E-state index contributed by atoms with van der Waals surface area (Å²) in [5.74, 6) is 2.90. The minimum absolute atomic E-state index is 0.858. The Kier molecular flexibility index (Phi) is 4.39. The van der Waals surface area contributed by atoms with E-state index in [4.69, 9.17) is 0 Å². The fourth-order valence-corrected chi connectivity index (χ4v) is 2.40. The third kappa shape index (κ3) is 2.92. The first kappa shape index (κ1) is 13.1. The SMILES string of the molecule is CCCNc1ncnc(N(C)CC2CCC2)c1C. The molecule has 1 aliphatic carbocycles. The molecule has 0 aromatic carbocycles. The third-order valence-corrected chi connectivity index (χ3v) is 3.72. The summed E-state index contributed by atoms with van der Waals surface area (Å²) in [7, 11) is 2.14. The Labute approximate surface area is 110 Å². The van der Waals surface area contributed by atoms with Crippen molar-refractivity contribution in [1.82, 2.24) is 9.97 Å². The van der Waals surface area contributed by atoms with E-state index >= 15 is 0 Å². The highest BCUT2D eigenvalue weighted by Gasteiger charge is 2.21. The lowest BCUT2D eigenvalue weighted by molar-refractivity contribution is 0.321. The van der Waals surface area contributed by atoms with Gasteiger partial charge in [-0.3, -0.25) is 0 Å². The Hall–Kier alpha value is -1.32. The molecule has 0 unspecified atom stereocenters. The molecule has 1 fully saturated rings. The van der Waals surface area contributed by atoms with Gasteiger partial charge in [0.2, 0.25) is 0 Å². The maximum Gasteiger partial charge on any atom is 0.136 e.